The zero-order chi connectivity index (χ0) is 20.9. The maximum Gasteiger partial charge on any atom is 0.352 e. The summed E-state index contributed by atoms with van der Waals surface area (Å²) in [6.07, 6.45) is 3.68. The minimum absolute atomic E-state index is 0.0167. The Kier molecular flexibility index (Phi) is 5.71. The van der Waals surface area contributed by atoms with Gasteiger partial charge in [0, 0.05) is 30.3 Å². The van der Waals surface area contributed by atoms with Crippen molar-refractivity contribution in [2.75, 3.05) is 17.7 Å². The normalized spacial score (nSPS) is 29.2. The molecule has 1 aromatic rings. The minimum atomic E-state index is -1.05. The summed E-state index contributed by atoms with van der Waals surface area (Å²) in [4.78, 5) is 32.2. The van der Waals surface area contributed by atoms with Gasteiger partial charge in [-0.25, -0.2) is 9.78 Å². The molecule has 1 saturated heterocycles. The van der Waals surface area contributed by atoms with Crippen LogP contribution in [0.15, 0.2) is 22.8 Å². The highest BCUT2D eigenvalue weighted by Crippen LogP contribution is 2.54. The van der Waals surface area contributed by atoms with Crippen LogP contribution in [0, 0.1) is 17.8 Å². The molecule has 1 aliphatic carbocycles. The van der Waals surface area contributed by atoms with E-state index in [1.807, 2.05) is 17.3 Å². The summed E-state index contributed by atoms with van der Waals surface area (Å²) in [5.41, 5.74) is 1.02. The molecular weight excluding hydrogens is 430 g/mol. The summed E-state index contributed by atoms with van der Waals surface area (Å²) in [6.45, 7) is 1.61. The maximum atomic E-state index is 12.6. The average Bonchev–Trinajstić information content (AvgIpc) is 3.30. The molecule has 0 unspecified atom stereocenters. The monoisotopic (exact) mass is 453 g/mol. The number of rotatable bonds is 5. The Labute approximate surface area is 182 Å². The van der Waals surface area contributed by atoms with Gasteiger partial charge < -0.3 is 20.0 Å². The second kappa shape index (κ2) is 7.98. The molecule has 1 aromatic heterocycles. The molecule has 1 saturated carbocycles. The fraction of sp³-hybridized carbons (Fsp3) is 0.579. The largest absolute Gasteiger partial charge is 0.477 e. The van der Waals surface area contributed by atoms with E-state index in [4.69, 9.17) is 12.2 Å². The van der Waals surface area contributed by atoms with Gasteiger partial charge in [0.1, 0.15) is 10.0 Å². The number of carboxylic acid groups (broad SMARTS) is 1. The molecule has 5 atom stereocenters. The number of thiocarbonyl (C=S) groups is 1. The van der Waals surface area contributed by atoms with E-state index in [0.29, 0.717) is 10.1 Å². The fourth-order valence-electron chi connectivity index (χ4n) is 4.90. The molecule has 7 nitrogen and oxygen atoms in total. The second-order valence-corrected chi connectivity index (χ2v) is 10.3. The number of thioether (sulfide) groups is 1. The molecule has 1 amide bonds. The van der Waals surface area contributed by atoms with E-state index >= 15 is 0 Å². The Balaban J connectivity index is 1.54. The molecule has 0 aromatic carbocycles. The smallest absolute Gasteiger partial charge is 0.352 e. The first-order valence-electron chi connectivity index (χ1n) is 9.61. The number of fused-ring (bicyclic) bond motifs is 3. The van der Waals surface area contributed by atoms with Gasteiger partial charge in [-0.2, -0.15) is 0 Å². The van der Waals surface area contributed by atoms with Gasteiger partial charge >= 0.3 is 5.97 Å². The van der Waals surface area contributed by atoms with Crippen LogP contribution in [0.4, 0.5) is 5.13 Å². The Morgan fingerprint density at radius 2 is 2.28 bits per heavy atom. The lowest BCUT2D eigenvalue weighted by Gasteiger charge is -2.47. The van der Waals surface area contributed by atoms with Crippen LogP contribution in [0.5, 0.6) is 0 Å². The minimum Gasteiger partial charge on any atom is -0.477 e. The highest BCUT2D eigenvalue weighted by molar-refractivity contribution is 8.23. The fourth-order valence-corrected chi connectivity index (χ4v) is 6.89. The molecule has 0 spiro atoms. The summed E-state index contributed by atoms with van der Waals surface area (Å²) < 4.78 is 0.693. The van der Waals surface area contributed by atoms with Crippen LogP contribution in [0.1, 0.15) is 26.2 Å². The average molecular weight is 454 g/mol. The van der Waals surface area contributed by atoms with Crippen LogP contribution < -0.4 is 4.90 Å². The first-order chi connectivity index (χ1) is 13.8. The number of amides is 1. The van der Waals surface area contributed by atoms with Gasteiger partial charge in [-0.1, -0.05) is 30.4 Å². The Morgan fingerprint density at radius 3 is 2.90 bits per heavy atom. The number of carbonyl (C=O) groups is 2. The number of anilines is 1. The first kappa shape index (κ1) is 20.8. The Morgan fingerprint density at radius 1 is 1.52 bits per heavy atom. The quantitative estimate of drug-likeness (QED) is 0.519. The molecule has 29 heavy (non-hydrogen) atoms. The summed E-state index contributed by atoms with van der Waals surface area (Å²) >= 11 is 8.59. The van der Waals surface area contributed by atoms with Crippen molar-refractivity contribution < 1.29 is 19.8 Å². The number of aliphatic hydroxyl groups is 1. The number of carboxylic acids is 1. The van der Waals surface area contributed by atoms with Crippen molar-refractivity contribution in [1.82, 2.24) is 9.88 Å². The lowest BCUT2D eigenvalue weighted by Crippen LogP contribution is -2.64. The molecule has 0 radical (unpaired) electrons. The van der Waals surface area contributed by atoms with E-state index in [1.54, 1.807) is 13.1 Å². The van der Waals surface area contributed by atoms with E-state index < -0.39 is 18.0 Å². The van der Waals surface area contributed by atoms with E-state index in [2.05, 4.69) is 4.98 Å². The number of hydrogen-bond acceptors (Lipinski definition) is 7. The number of carbonyl (C=O) groups excluding carboxylic acids is 1. The lowest BCUT2D eigenvalue weighted by atomic mass is 9.70. The zero-order valence-corrected chi connectivity index (χ0v) is 18.6. The van der Waals surface area contributed by atoms with Crippen LogP contribution in [0.3, 0.4) is 0 Å². The first-order valence-corrected chi connectivity index (χ1v) is 11.9. The molecule has 0 bridgehead atoms. The number of β-lactam (4-membered cyclic amide) rings is 1. The number of aliphatic hydroxyl groups excluding tert-OH is 1. The number of aliphatic carboxylic acids is 1. The van der Waals surface area contributed by atoms with Crippen molar-refractivity contribution in [2.24, 2.45) is 17.8 Å². The van der Waals surface area contributed by atoms with Crippen LogP contribution in [-0.4, -0.2) is 61.2 Å². The third-order valence-electron chi connectivity index (χ3n) is 6.13. The Hall–Kier alpha value is -1.49. The van der Waals surface area contributed by atoms with E-state index in [0.717, 1.165) is 30.0 Å². The van der Waals surface area contributed by atoms with Crippen molar-refractivity contribution >= 4 is 56.6 Å². The highest BCUT2D eigenvalue weighted by atomic mass is 32.2. The highest BCUT2D eigenvalue weighted by Gasteiger charge is 2.62. The summed E-state index contributed by atoms with van der Waals surface area (Å²) in [5, 5.41) is 22.6. The lowest BCUT2D eigenvalue weighted by molar-refractivity contribution is -0.163. The molecule has 10 heteroatoms. The second-order valence-electron chi connectivity index (χ2n) is 7.76. The number of thiazole rings is 1. The van der Waals surface area contributed by atoms with Crippen molar-refractivity contribution in [3.05, 3.63) is 22.8 Å². The molecule has 156 valence electrons. The van der Waals surface area contributed by atoms with Gasteiger partial charge in [0.25, 0.3) is 0 Å². The van der Waals surface area contributed by atoms with Crippen molar-refractivity contribution in [3.8, 4) is 0 Å². The van der Waals surface area contributed by atoms with Crippen LogP contribution in [0.25, 0.3) is 0 Å². The standard InChI is InChI=1S/C19H23N3O4S3/c1-9(23)12-14-11-5-3-4-10(13(11)15(17(25)26)22(14)16(12)24)8-29-19(27)21(2)18-20-6-7-28-18/h6-7,9-12,14,23H,3-5,8H2,1-2H3,(H,25,26)/t9-,10+,11+,12-,14-/m1/s1. The van der Waals surface area contributed by atoms with Gasteiger partial charge in [-0.15, -0.1) is 11.3 Å². The SMILES string of the molecule is C[C@@H](O)[C@H]1C(=O)N2C(C(=O)O)=C3[C@H](CSC(=S)N(C)c4nccs4)CCC[C@@H]3[C@H]12. The van der Waals surface area contributed by atoms with Crippen molar-refractivity contribution in [2.45, 2.75) is 38.3 Å². The third-order valence-corrected chi connectivity index (χ3v) is 8.70. The predicted molar refractivity (Wildman–Crippen MR) is 117 cm³/mol. The van der Waals surface area contributed by atoms with Crippen molar-refractivity contribution in [1.29, 1.82) is 0 Å². The van der Waals surface area contributed by atoms with Crippen LogP contribution >= 0.6 is 35.3 Å². The molecule has 3 heterocycles. The van der Waals surface area contributed by atoms with E-state index in [-0.39, 0.29) is 29.5 Å². The maximum absolute atomic E-state index is 12.6. The molecule has 2 fully saturated rings. The molecule has 2 N–H and O–H groups in total. The van der Waals surface area contributed by atoms with Gasteiger partial charge in [-0.3, -0.25) is 4.79 Å². The zero-order valence-electron chi connectivity index (χ0n) is 16.1. The summed E-state index contributed by atoms with van der Waals surface area (Å²) in [5.74, 6) is -1.08. The van der Waals surface area contributed by atoms with Gasteiger partial charge in [0.2, 0.25) is 5.91 Å². The van der Waals surface area contributed by atoms with Gasteiger partial charge in [-0.05, 0) is 31.3 Å². The third kappa shape index (κ3) is 3.39. The molecule has 3 aliphatic rings. The van der Waals surface area contributed by atoms with Crippen LogP contribution in [-0.2, 0) is 9.59 Å². The van der Waals surface area contributed by atoms with E-state index in [1.165, 1.54) is 28.0 Å². The number of nitrogens with zero attached hydrogens (tertiary/aromatic N) is 3. The number of hydrogen-bond donors (Lipinski definition) is 2. The Bertz CT molecular complexity index is 870. The number of aromatic nitrogens is 1. The van der Waals surface area contributed by atoms with Gasteiger partial charge in [0.15, 0.2) is 5.13 Å². The summed E-state index contributed by atoms with van der Waals surface area (Å²) in [6, 6.07) is -0.221. The van der Waals surface area contributed by atoms with E-state index in [9.17, 15) is 19.8 Å². The van der Waals surface area contributed by atoms with Crippen LogP contribution in [0.2, 0.25) is 0 Å². The molecular formula is C19H23N3O4S3. The molecule has 4 rings (SSSR count). The predicted octanol–water partition coefficient (Wildman–Crippen LogP) is 2.57. The van der Waals surface area contributed by atoms with Crippen molar-refractivity contribution in [3.63, 3.8) is 0 Å². The van der Waals surface area contributed by atoms with Gasteiger partial charge in [0.05, 0.1) is 18.1 Å². The molecule has 2 aliphatic heterocycles. The summed E-state index contributed by atoms with van der Waals surface area (Å²) in [7, 11) is 1.88. The topological polar surface area (TPSA) is 94.0 Å².